The number of nitrogens with zero attached hydrogens (tertiary/aromatic N) is 2. The Morgan fingerprint density at radius 1 is 1.26 bits per heavy atom. The van der Waals surface area contributed by atoms with Crippen LogP contribution in [0, 0.1) is 6.92 Å². The van der Waals surface area contributed by atoms with Gasteiger partial charge in [0, 0.05) is 25.2 Å². The molecule has 1 rings (SSSR count). The van der Waals surface area contributed by atoms with Crippen LogP contribution in [0.3, 0.4) is 0 Å². The Balaban J connectivity index is 2.83. The Morgan fingerprint density at radius 2 is 1.89 bits per heavy atom. The maximum atomic E-state index is 8.98. The van der Waals surface area contributed by atoms with Crippen molar-refractivity contribution >= 4 is 5.84 Å². The van der Waals surface area contributed by atoms with Crippen LogP contribution in [0.15, 0.2) is 23.4 Å². The van der Waals surface area contributed by atoms with Gasteiger partial charge in [0.25, 0.3) is 0 Å². The molecule has 6 nitrogen and oxygen atoms in total. The van der Waals surface area contributed by atoms with Crippen LogP contribution < -0.4 is 5.73 Å². The van der Waals surface area contributed by atoms with Gasteiger partial charge in [-0.25, -0.2) is 0 Å². The highest BCUT2D eigenvalue weighted by Gasteiger charge is 2.08. The molecule has 0 aliphatic rings. The van der Waals surface area contributed by atoms with Crippen LogP contribution in [0.1, 0.15) is 16.7 Å². The SMILES string of the molecule is Cc1cc(/C(N)=N/O)ccc1CN(CCO)CCO. The van der Waals surface area contributed by atoms with E-state index < -0.39 is 0 Å². The Labute approximate surface area is 112 Å². The molecule has 5 N–H and O–H groups in total. The lowest BCUT2D eigenvalue weighted by Crippen LogP contribution is -2.29. The third-order valence-electron chi connectivity index (χ3n) is 2.97. The molecule has 0 radical (unpaired) electrons. The molecule has 0 aromatic heterocycles. The summed E-state index contributed by atoms with van der Waals surface area (Å²) in [6.07, 6.45) is 0. The van der Waals surface area contributed by atoms with Gasteiger partial charge in [-0.15, -0.1) is 0 Å². The van der Waals surface area contributed by atoms with E-state index in [0.717, 1.165) is 11.1 Å². The Hall–Kier alpha value is -1.63. The van der Waals surface area contributed by atoms with Crippen molar-refractivity contribution < 1.29 is 15.4 Å². The Kier molecular flexibility index (Phi) is 6.27. The van der Waals surface area contributed by atoms with Gasteiger partial charge in [-0.2, -0.15) is 0 Å². The summed E-state index contributed by atoms with van der Waals surface area (Å²) in [6, 6.07) is 5.54. The molecule has 1 aromatic rings. The smallest absolute Gasteiger partial charge is 0.170 e. The molecule has 0 aliphatic carbocycles. The third kappa shape index (κ3) is 4.51. The number of hydrogen-bond donors (Lipinski definition) is 4. The molecule has 0 unspecified atom stereocenters. The molecular formula is C13H21N3O3. The summed E-state index contributed by atoms with van der Waals surface area (Å²) in [4.78, 5) is 1.96. The van der Waals surface area contributed by atoms with Crippen molar-refractivity contribution in [1.82, 2.24) is 4.90 Å². The van der Waals surface area contributed by atoms with Crippen LogP contribution in [0.25, 0.3) is 0 Å². The molecule has 6 heteroatoms. The summed E-state index contributed by atoms with van der Waals surface area (Å²) < 4.78 is 0. The number of nitrogens with two attached hydrogens (primary N) is 1. The fourth-order valence-electron chi connectivity index (χ4n) is 1.88. The van der Waals surface area contributed by atoms with Gasteiger partial charge < -0.3 is 21.2 Å². The summed E-state index contributed by atoms with van der Waals surface area (Å²) in [5.74, 6) is 0.0808. The summed E-state index contributed by atoms with van der Waals surface area (Å²) >= 11 is 0. The molecule has 1 aromatic carbocycles. The Morgan fingerprint density at radius 3 is 2.37 bits per heavy atom. The molecule has 19 heavy (non-hydrogen) atoms. The molecule has 0 spiro atoms. The van der Waals surface area contributed by atoms with Gasteiger partial charge in [0.15, 0.2) is 5.84 Å². The molecule has 0 amide bonds. The van der Waals surface area contributed by atoms with Gasteiger partial charge in [0.1, 0.15) is 0 Å². The predicted octanol–water partition coefficient (Wildman–Crippen LogP) is -0.124. The van der Waals surface area contributed by atoms with Gasteiger partial charge in [-0.05, 0) is 24.1 Å². The molecule has 0 aliphatic heterocycles. The number of aliphatic hydroxyl groups excluding tert-OH is 2. The average molecular weight is 267 g/mol. The molecular weight excluding hydrogens is 246 g/mol. The monoisotopic (exact) mass is 267 g/mol. The average Bonchev–Trinajstić information content (AvgIpc) is 2.40. The number of amidine groups is 1. The highest BCUT2D eigenvalue weighted by molar-refractivity contribution is 5.97. The zero-order valence-corrected chi connectivity index (χ0v) is 11.1. The predicted molar refractivity (Wildman–Crippen MR) is 73.1 cm³/mol. The highest BCUT2D eigenvalue weighted by atomic mass is 16.4. The van der Waals surface area contributed by atoms with E-state index in [1.54, 1.807) is 6.07 Å². The molecule has 0 fully saturated rings. The van der Waals surface area contributed by atoms with Gasteiger partial charge in [0.05, 0.1) is 13.2 Å². The molecule has 0 atom stereocenters. The van der Waals surface area contributed by atoms with Crippen LogP contribution in [0.4, 0.5) is 0 Å². The first-order chi connectivity index (χ1) is 9.12. The van der Waals surface area contributed by atoms with Crippen molar-refractivity contribution in [3.63, 3.8) is 0 Å². The number of aryl methyl sites for hydroxylation is 1. The van der Waals surface area contributed by atoms with Crippen molar-refractivity contribution in [1.29, 1.82) is 0 Å². The maximum absolute atomic E-state index is 8.98. The van der Waals surface area contributed by atoms with E-state index in [1.165, 1.54) is 0 Å². The largest absolute Gasteiger partial charge is 0.409 e. The first kappa shape index (κ1) is 15.4. The molecule has 0 saturated heterocycles. The van der Waals surface area contributed by atoms with Crippen molar-refractivity contribution in [2.24, 2.45) is 10.9 Å². The van der Waals surface area contributed by atoms with E-state index in [-0.39, 0.29) is 19.0 Å². The standard InChI is InChI=1S/C13H21N3O3/c1-10-8-11(13(14)15-19)2-3-12(10)9-16(4-6-17)5-7-18/h2-3,8,17-19H,4-7,9H2,1H3,(H2,14,15). The second kappa shape index (κ2) is 7.73. The number of rotatable bonds is 7. The van der Waals surface area contributed by atoms with E-state index in [1.807, 2.05) is 24.0 Å². The lowest BCUT2D eigenvalue weighted by Gasteiger charge is -2.21. The van der Waals surface area contributed by atoms with Crippen molar-refractivity contribution in [2.75, 3.05) is 26.3 Å². The molecule has 0 bridgehead atoms. The van der Waals surface area contributed by atoms with Gasteiger partial charge in [-0.1, -0.05) is 17.3 Å². The van der Waals surface area contributed by atoms with Crippen LogP contribution in [0.2, 0.25) is 0 Å². The second-order valence-electron chi connectivity index (χ2n) is 4.35. The third-order valence-corrected chi connectivity index (χ3v) is 2.97. The zero-order chi connectivity index (χ0) is 14.3. The van der Waals surface area contributed by atoms with E-state index in [4.69, 9.17) is 21.2 Å². The van der Waals surface area contributed by atoms with Gasteiger partial charge >= 0.3 is 0 Å². The van der Waals surface area contributed by atoms with Gasteiger partial charge in [0.2, 0.25) is 0 Å². The highest BCUT2D eigenvalue weighted by Crippen LogP contribution is 2.13. The maximum Gasteiger partial charge on any atom is 0.170 e. The quantitative estimate of drug-likeness (QED) is 0.239. The van der Waals surface area contributed by atoms with Crippen LogP contribution in [-0.2, 0) is 6.54 Å². The number of hydrogen-bond acceptors (Lipinski definition) is 5. The second-order valence-corrected chi connectivity index (χ2v) is 4.35. The lowest BCUT2D eigenvalue weighted by molar-refractivity contribution is 0.155. The topological polar surface area (TPSA) is 102 Å². The lowest BCUT2D eigenvalue weighted by atomic mass is 10.0. The van der Waals surface area contributed by atoms with E-state index in [9.17, 15) is 0 Å². The van der Waals surface area contributed by atoms with E-state index in [0.29, 0.717) is 25.2 Å². The Bertz CT molecular complexity index is 429. The first-order valence-electron chi connectivity index (χ1n) is 6.14. The minimum atomic E-state index is 0.0568. The first-order valence-corrected chi connectivity index (χ1v) is 6.14. The molecule has 0 heterocycles. The molecule has 0 saturated carbocycles. The number of benzene rings is 1. The van der Waals surface area contributed by atoms with E-state index in [2.05, 4.69) is 5.16 Å². The minimum absolute atomic E-state index is 0.0568. The normalized spacial score (nSPS) is 12.1. The summed E-state index contributed by atoms with van der Waals surface area (Å²) in [5.41, 5.74) is 8.30. The van der Waals surface area contributed by atoms with Crippen molar-refractivity contribution in [3.05, 3.63) is 34.9 Å². The van der Waals surface area contributed by atoms with Crippen LogP contribution >= 0.6 is 0 Å². The van der Waals surface area contributed by atoms with E-state index >= 15 is 0 Å². The fraction of sp³-hybridized carbons (Fsp3) is 0.462. The number of aliphatic hydroxyl groups is 2. The molecule has 106 valence electrons. The van der Waals surface area contributed by atoms with Gasteiger partial charge in [-0.3, -0.25) is 4.90 Å². The van der Waals surface area contributed by atoms with Crippen LogP contribution in [0.5, 0.6) is 0 Å². The minimum Gasteiger partial charge on any atom is -0.409 e. The van der Waals surface area contributed by atoms with Crippen LogP contribution in [-0.4, -0.2) is 52.5 Å². The fourth-order valence-corrected chi connectivity index (χ4v) is 1.88. The summed E-state index contributed by atoms with van der Waals surface area (Å²) in [5, 5.41) is 29.6. The number of oxime groups is 1. The van der Waals surface area contributed by atoms with Crippen molar-refractivity contribution in [3.8, 4) is 0 Å². The van der Waals surface area contributed by atoms with Crippen molar-refractivity contribution in [2.45, 2.75) is 13.5 Å². The zero-order valence-electron chi connectivity index (χ0n) is 11.1. The summed E-state index contributed by atoms with van der Waals surface area (Å²) in [7, 11) is 0. The summed E-state index contributed by atoms with van der Waals surface area (Å²) in [6.45, 7) is 3.73.